The van der Waals surface area contributed by atoms with Crippen molar-refractivity contribution >= 4 is 11.9 Å². The lowest BCUT2D eigenvalue weighted by atomic mass is 9.91. The average molecular weight is 277 g/mol. The highest BCUT2D eigenvalue weighted by molar-refractivity contribution is 6.06. The van der Waals surface area contributed by atoms with Crippen molar-refractivity contribution < 1.29 is 4.79 Å². The van der Waals surface area contributed by atoms with Gasteiger partial charge in [0.15, 0.2) is 5.96 Å². The number of guanidine groups is 1. The highest BCUT2D eigenvalue weighted by Crippen LogP contribution is 2.28. The molecule has 20 heavy (non-hydrogen) atoms. The highest BCUT2D eigenvalue weighted by atomic mass is 16.2. The molecule has 0 radical (unpaired) electrons. The Kier molecular flexibility index (Phi) is 4.11. The van der Waals surface area contributed by atoms with E-state index in [0.29, 0.717) is 18.4 Å². The molecule has 1 aliphatic heterocycles. The van der Waals surface area contributed by atoms with Crippen LogP contribution in [0.3, 0.4) is 0 Å². The molecule has 1 aliphatic rings. The molecule has 1 aromatic heterocycles. The van der Waals surface area contributed by atoms with Gasteiger partial charge in [0.25, 0.3) is 5.91 Å². The van der Waals surface area contributed by atoms with Crippen molar-refractivity contribution in [2.24, 2.45) is 16.6 Å². The number of aliphatic imine (C=N–C) groups is 1. The average Bonchev–Trinajstić information content (AvgIpc) is 2.91. The van der Waals surface area contributed by atoms with Crippen molar-refractivity contribution in [3.8, 4) is 0 Å². The van der Waals surface area contributed by atoms with Crippen LogP contribution in [0.4, 0.5) is 0 Å². The smallest absolute Gasteiger partial charge is 0.257 e. The number of rotatable bonds is 6. The molecular formula is C14H23N5O. The molecular weight excluding hydrogens is 254 g/mol. The Morgan fingerprint density at radius 3 is 2.75 bits per heavy atom. The molecule has 110 valence electrons. The summed E-state index contributed by atoms with van der Waals surface area (Å²) < 4.78 is 1.99. The predicted molar refractivity (Wildman–Crippen MR) is 78.0 cm³/mol. The third-order valence-corrected chi connectivity index (χ3v) is 3.51. The van der Waals surface area contributed by atoms with Gasteiger partial charge in [0.2, 0.25) is 0 Å². The third-order valence-electron chi connectivity index (χ3n) is 3.51. The number of nitrogens with zero attached hydrogens (tertiary/aromatic N) is 4. The van der Waals surface area contributed by atoms with Crippen molar-refractivity contribution in [2.75, 3.05) is 6.54 Å². The zero-order valence-corrected chi connectivity index (χ0v) is 12.4. The monoisotopic (exact) mass is 277 g/mol. The van der Waals surface area contributed by atoms with E-state index in [4.69, 9.17) is 5.73 Å². The van der Waals surface area contributed by atoms with Gasteiger partial charge in [-0.2, -0.15) is 0 Å². The first-order chi connectivity index (χ1) is 9.42. The van der Waals surface area contributed by atoms with E-state index in [2.05, 4.69) is 23.8 Å². The second-order valence-electron chi connectivity index (χ2n) is 5.95. The molecule has 2 N–H and O–H groups in total. The standard InChI is InChI=1S/C14H23N5O/c1-11(2)9-14(3)12(20)19(13(15)17-14)7-4-6-18-8-5-16-10-18/h5,8,10-11H,4,6-7,9H2,1-3H3,(H2,15,17). The molecule has 0 spiro atoms. The molecule has 1 amide bonds. The maximum absolute atomic E-state index is 12.5. The van der Waals surface area contributed by atoms with Gasteiger partial charge >= 0.3 is 0 Å². The molecule has 0 saturated heterocycles. The van der Waals surface area contributed by atoms with Crippen molar-refractivity contribution in [3.05, 3.63) is 18.7 Å². The van der Waals surface area contributed by atoms with Crippen LogP contribution in [0.15, 0.2) is 23.7 Å². The van der Waals surface area contributed by atoms with Gasteiger partial charge in [0, 0.05) is 25.5 Å². The number of carbonyl (C=O) groups excluding carboxylic acids is 1. The Labute approximate surface area is 119 Å². The molecule has 6 heteroatoms. The molecule has 0 saturated carbocycles. The largest absolute Gasteiger partial charge is 0.369 e. The van der Waals surface area contributed by atoms with Gasteiger partial charge in [0.1, 0.15) is 5.54 Å². The van der Waals surface area contributed by atoms with E-state index in [0.717, 1.165) is 19.4 Å². The lowest BCUT2D eigenvalue weighted by Crippen LogP contribution is -2.44. The third kappa shape index (κ3) is 3.00. The first-order valence-corrected chi connectivity index (χ1v) is 7.05. The number of amides is 1. The summed E-state index contributed by atoms with van der Waals surface area (Å²) >= 11 is 0. The number of carbonyl (C=O) groups is 1. The summed E-state index contributed by atoms with van der Waals surface area (Å²) in [5.41, 5.74) is 5.23. The molecule has 1 atom stereocenters. The Morgan fingerprint density at radius 2 is 2.15 bits per heavy atom. The fourth-order valence-electron chi connectivity index (χ4n) is 2.73. The topological polar surface area (TPSA) is 76.5 Å². The summed E-state index contributed by atoms with van der Waals surface area (Å²) in [6.45, 7) is 7.47. The highest BCUT2D eigenvalue weighted by Gasteiger charge is 2.43. The maximum Gasteiger partial charge on any atom is 0.257 e. The second kappa shape index (κ2) is 5.64. The van der Waals surface area contributed by atoms with Gasteiger partial charge in [-0.1, -0.05) is 13.8 Å². The van der Waals surface area contributed by atoms with E-state index in [-0.39, 0.29) is 5.91 Å². The van der Waals surface area contributed by atoms with Crippen LogP contribution in [-0.2, 0) is 11.3 Å². The number of hydrogen-bond acceptors (Lipinski definition) is 4. The number of nitrogens with two attached hydrogens (primary N) is 1. The van der Waals surface area contributed by atoms with Crippen LogP contribution in [0.5, 0.6) is 0 Å². The number of aromatic nitrogens is 2. The number of imidazole rings is 1. The fourth-order valence-corrected chi connectivity index (χ4v) is 2.73. The first kappa shape index (κ1) is 14.6. The fraction of sp³-hybridized carbons (Fsp3) is 0.643. The Morgan fingerprint density at radius 1 is 1.40 bits per heavy atom. The van der Waals surface area contributed by atoms with Gasteiger partial charge in [-0.3, -0.25) is 9.69 Å². The van der Waals surface area contributed by atoms with Gasteiger partial charge < -0.3 is 10.3 Å². The van der Waals surface area contributed by atoms with E-state index in [1.54, 1.807) is 17.4 Å². The predicted octanol–water partition coefficient (Wildman–Crippen LogP) is 1.23. The summed E-state index contributed by atoms with van der Waals surface area (Å²) in [4.78, 5) is 22.5. The van der Waals surface area contributed by atoms with Crippen LogP contribution in [-0.4, -0.2) is 38.4 Å². The zero-order chi connectivity index (χ0) is 14.8. The van der Waals surface area contributed by atoms with Crippen LogP contribution in [0.1, 0.15) is 33.6 Å². The van der Waals surface area contributed by atoms with E-state index >= 15 is 0 Å². The van der Waals surface area contributed by atoms with Crippen molar-refractivity contribution in [2.45, 2.75) is 45.7 Å². The van der Waals surface area contributed by atoms with Crippen molar-refractivity contribution in [1.29, 1.82) is 0 Å². The van der Waals surface area contributed by atoms with E-state index in [9.17, 15) is 4.79 Å². The van der Waals surface area contributed by atoms with Crippen LogP contribution in [0.25, 0.3) is 0 Å². The van der Waals surface area contributed by atoms with Crippen molar-refractivity contribution in [3.63, 3.8) is 0 Å². The minimum absolute atomic E-state index is 0.0225. The van der Waals surface area contributed by atoms with E-state index < -0.39 is 5.54 Å². The number of hydrogen-bond donors (Lipinski definition) is 1. The molecule has 0 aliphatic carbocycles. The normalized spacial score (nSPS) is 22.7. The Hall–Kier alpha value is -1.85. The minimum atomic E-state index is -0.687. The molecule has 1 aromatic rings. The van der Waals surface area contributed by atoms with E-state index in [1.807, 2.05) is 17.7 Å². The van der Waals surface area contributed by atoms with Crippen molar-refractivity contribution in [1.82, 2.24) is 14.5 Å². The second-order valence-corrected chi connectivity index (χ2v) is 5.95. The summed E-state index contributed by atoms with van der Waals surface area (Å²) in [7, 11) is 0. The maximum atomic E-state index is 12.5. The summed E-state index contributed by atoms with van der Waals surface area (Å²) in [6, 6.07) is 0. The zero-order valence-electron chi connectivity index (χ0n) is 12.4. The summed E-state index contributed by atoms with van der Waals surface area (Å²) in [6.07, 6.45) is 6.98. The molecule has 2 heterocycles. The molecule has 1 unspecified atom stereocenters. The SMILES string of the molecule is CC(C)CC1(C)N=C(N)N(CCCn2ccnc2)C1=O. The van der Waals surface area contributed by atoms with Crippen LogP contribution in [0.2, 0.25) is 0 Å². The summed E-state index contributed by atoms with van der Waals surface area (Å²) in [5.74, 6) is 0.782. The molecule has 2 rings (SSSR count). The molecule has 0 bridgehead atoms. The Balaban J connectivity index is 1.93. The molecule has 0 fully saturated rings. The number of aryl methyl sites for hydroxylation is 1. The van der Waals surface area contributed by atoms with Crippen LogP contribution >= 0.6 is 0 Å². The molecule has 0 aromatic carbocycles. The lowest BCUT2D eigenvalue weighted by Gasteiger charge is -2.23. The Bertz CT molecular complexity index is 494. The minimum Gasteiger partial charge on any atom is -0.369 e. The molecule has 6 nitrogen and oxygen atoms in total. The van der Waals surface area contributed by atoms with Gasteiger partial charge in [0.05, 0.1) is 6.33 Å². The quantitative estimate of drug-likeness (QED) is 0.849. The van der Waals surface area contributed by atoms with Gasteiger partial charge in [-0.05, 0) is 25.7 Å². The van der Waals surface area contributed by atoms with Gasteiger partial charge in [-0.25, -0.2) is 9.98 Å². The van der Waals surface area contributed by atoms with Crippen LogP contribution < -0.4 is 5.73 Å². The summed E-state index contributed by atoms with van der Waals surface area (Å²) in [5, 5.41) is 0. The first-order valence-electron chi connectivity index (χ1n) is 7.05. The van der Waals surface area contributed by atoms with Gasteiger partial charge in [-0.15, -0.1) is 0 Å². The van der Waals surface area contributed by atoms with Crippen LogP contribution in [0, 0.1) is 5.92 Å². The van der Waals surface area contributed by atoms with E-state index in [1.165, 1.54) is 0 Å². The lowest BCUT2D eigenvalue weighted by molar-refractivity contribution is -0.131.